The van der Waals surface area contributed by atoms with E-state index in [1.165, 1.54) is 24.3 Å². The molecule has 0 bridgehead atoms. The summed E-state index contributed by atoms with van der Waals surface area (Å²) in [5, 5.41) is 19.5. The molecular weight excluding hydrogens is 367 g/mol. The minimum atomic E-state index is -1.18. The molecule has 28 heavy (non-hydrogen) atoms. The number of carboxylic acids is 1. The highest BCUT2D eigenvalue weighted by molar-refractivity contribution is 5.78. The number of carboxylic acid groups (broad SMARTS) is 1. The van der Waals surface area contributed by atoms with Gasteiger partial charge in [0.1, 0.15) is 36.6 Å². The molecule has 0 amide bonds. The number of aliphatic carboxylic acids is 1. The summed E-state index contributed by atoms with van der Waals surface area (Å²) in [6.07, 6.45) is 0.586. The van der Waals surface area contributed by atoms with Crippen molar-refractivity contribution in [2.75, 3.05) is 19.8 Å². The maximum Gasteiger partial charge on any atom is 0.336 e. The number of benzene rings is 2. The largest absolute Gasteiger partial charge is 0.491 e. The van der Waals surface area contributed by atoms with Crippen molar-refractivity contribution < 1.29 is 33.6 Å². The first kappa shape index (κ1) is 20.1. The van der Waals surface area contributed by atoms with Gasteiger partial charge < -0.3 is 24.4 Å². The van der Waals surface area contributed by atoms with E-state index in [2.05, 4.69) is 0 Å². The number of rotatable bonds is 9. The minimum absolute atomic E-state index is 0.00128. The zero-order valence-electron chi connectivity index (χ0n) is 15.3. The number of hydrogen-bond donors (Lipinski definition) is 2. The van der Waals surface area contributed by atoms with E-state index in [4.69, 9.17) is 14.2 Å². The van der Waals surface area contributed by atoms with Crippen LogP contribution < -0.4 is 9.47 Å². The molecule has 1 aliphatic heterocycles. The predicted molar refractivity (Wildman–Crippen MR) is 99.1 cm³/mol. The quantitative estimate of drug-likeness (QED) is 0.685. The SMILES string of the molecule is O=C(O)C1(Cc2cccc(OC[C@@H](O)COc3ccc(F)cc3)c2)CCCO1. The molecule has 2 aromatic rings. The van der Waals surface area contributed by atoms with Crippen molar-refractivity contribution >= 4 is 5.97 Å². The van der Waals surface area contributed by atoms with Crippen LogP contribution in [-0.2, 0) is 16.0 Å². The standard InChI is InChI=1S/C21H23FO6/c22-16-5-7-18(8-6-16)26-13-17(23)14-27-19-4-1-3-15(11-19)12-21(20(24)25)9-2-10-28-21/h1,3-8,11,17,23H,2,9-10,12-14H2,(H,24,25)/t17-,21?/m0/s1. The summed E-state index contributed by atoms with van der Waals surface area (Å²) in [5.41, 5.74) is -0.389. The highest BCUT2D eigenvalue weighted by Gasteiger charge is 2.42. The third kappa shape index (κ3) is 5.21. The molecule has 1 heterocycles. The molecule has 6 nitrogen and oxygen atoms in total. The molecule has 2 N–H and O–H groups in total. The molecule has 3 rings (SSSR count). The minimum Gasteiger partial charge on any atom is -0.491 e. The van der Waals surface area contributed by atoms with Gasteiger partial charge in [0.15, 0.2) is 5.60 Å². The van der Waals surface area contributed by atoms with Crippen molar-refractivity contribution in [1.29, 1.82) is 0 Å². The second kappa shape index (κ2) is 9.03. The molecule has 0 saturated carbocycles. The molecule has 1 saturated heterocycles. The Balaban J connectivity index is 1.51. The summed E-state index contributed by atoms with van der Waals surface area (Å²) >= 11 is 0. The first-order chi connectivity index (χ1) is 13.5. The first-order valence-corrected chi connectivity index (χ1v) is 9.12. The van der Waals surface area contributed by atoms with Gasteiger partial charge in [-0.05, 0) is 54.8 Å². The summed E-state index contributed by atoms with van der Waals surface area (Å²) < 4.78 is 29.3. The fourth-order valence-electron chi connectivity index (χ4n) is 3.12. The number of aliphatic hydroxyl groups excluding tert-OH is 1. The Morgan fingerprint density at radius 2 is 1.86 bits per heavy atom. The third-order valence-corrected chi connectivity index (χ3v) is 4.58. The Morgan fingerprint density at radius 1 is 1.14 bits per heavy atom. The van der Waals surface area contributed by atoms with Crippen molar-refractivity contribution in [3.63, 3.8) is 0 Å². The van der Waals surface area contributed by atoms with Crippen LogP contribution in [-0.4, -0.2) is 47.7 Å². The van der Waals surface area contributed by atoms with Crippen LogP contribution in [0.25, 0.3) is 0 Å². The van der Waals surface area contributed by atoms with Gasteiger partial charge in [0, 0.05) is 13.0 Å². The Hall–Kier alpha value is -2.64. The third-order valence-electron chi connectivity index (χ3n) is 4.58. The van der Waals surface area contributed by atoms with E-state index >= 15 is 0 Å². The van der Waals surface area contributed by atoms with Gasteiger partial charge in [-0.2, -0.15) is 0 Å². The maximum atomic E-state index is 12.9. The maximum absolute atomic E-state index is 12.9. The van der Waals surface area contributed by atoms with Gasteiger partial charge in [-0.3, -0.25) is 0 Å². The van der Waals surface area contributed by atoms with Gasteiger partial charge in [0.2, 0.25) is 0 Å². The van der Waals surface area contributed by atoms with Gasteiger partial charge in [-0.15, -0.1) is 0 Å². The molecule has 0 radical (unpaired) electrons. The number of carbonyl (C=O) groups is 1. The second-order valence-electron chi connectivity index (χ2n) is 6.81. The van der Waals surface area contributed by atoms with Crippen molar-refractivity contribution in [3.8, 4) is 11.5 Å². The van der Waals surface area contributed by atoms with Crippen LogP contribution in [0.1, 0.15) is 18.4 Å². The topological polar surface area (TPSA) is 85.2 Å². The first-order valence-electron chi connectivity index (χ1n) is 9.12. The normalized spacial score (nSPS) is 19.9. The molecule has 7 heteroatoms. The lowest BCUT2D eigenvalue weighted by molar-refractivity contribution is -0.159. The summed E-state index contributed by atoms with van der Waals surface area (Å²) in [5.74, 6) is -0.330. The van der Waals surface area contributed by atoms with E-state index in [-0.39, 0.29) is 25.5 Å². The van der Waals surface area contributed by atoms with E-state index in [1.807, 2.05) is 6.07 Å². The number of aliphatic hydroxyl groups is 1. The van der Waals surface area contributed by atoms with Crippen LogP contribution in [0.4, 0.5) is 4.39 Å². The van der Waals surface area contributed by atoms with Gasteiger partial charge >= 0.3 is 5.97 Å². The van der Waals surface area contributed by atoms with E-state index in [0.717, 1.165) is 12.0 Å². The van der Waals surface area contributed by atoms with Gasteiger partial charge in [-0.1, -0.05) is 12.1 Å². The van der Waals surface area contributed by atoms with Crippen molar-refractivity contribution in [2.24, 2.45) is 0 Å². The van der Waals surface area contributed by atoms with Crippen LogP contribution in [0.15, 0.2) is 48.5 Å². The van der Waals surface area contributed by atoms with Crippen molar-refractivity contribution in [2.45, 2.75) is 31.0 Å². The van der Waals surface area contributed by atoms with Crippen LogP contribution in [0.5, 0.6) is 11.5 Å². The number of halogens is 1. The highest BCUT2D eigenvalue weighted by Crippen LogP contribution is 2.31. The molecule has 0 spiro atoms. The molecular formula is C21H23FO6. The van der Waals surface area contributed by atoms with E-state index in [9.17, 15) is 19.4 Å². The zero-order chi connectivity index (χ0) is 20.0. The molecule has 1 fully saturated rings. The smallest absolute Gasteiger partial charge is 0.336 e. The fraction of sp³-hybridized carbons (Fsp3) is 0.381. The molecule has 0 aromatic heterocycles. The van der Waals surface area contributed by atoms with Crippen LogP contribution in [0, 0.1) is 5.82 Å². The highest BCUT2D eigenvalue weighted by atomic mass is 19.1. The Kier molecular flexibility index (Phi) is 6.49. The molecule has 2 aromatic carbocycles. The average Bonchev–Trinajstić information content (AvgIpc) is 3.16. The number of ether oxygens (including phenoxy) is 3. The molecule has 150 valence electrons. The average molecular weight is 390 g/mol. The van der Waals surface area contributed by atoms with Crippen molar-refractivity contribution in [1.82, 2.24) is 0 Å². The molecule has 1 unspecified atom stereocenters. The fourth-order valence-corrected chi connectivity index (χ4v) is 3.12. The van der Waals surface area contributed by atoms with Gasteiger partial charge in [-0.25, -0.2) is 9.18 Å². The summed E-state index contributed by atoms with van der Waals surface area (Å²) in [4.78, 5) is 11.6. The van der Waals surface area contributed by atoms with Crippen LogP contribution in [0.2, 0.25) is 0 Å². The lowest BCUT2D eigenvalue weighted by atomic mass is 9.91. The number of hydrogen-bond acceptors (Lipinski definition) is 5. The summed E-state index contributed by atoms with van der Waals surface area (Å²) in [6, 6.07) is 12.6. The van der Waals surface area contributed by atoms with E-state index < -0.39 is 17.7 Å². The molecule has 0 aliphatic carbocycles. The summed E-state index contributed by atoms with van der Waals surface area (Å²) in [7, 11) is 0. The van der Waals surface area contributed by atoms with Gasteiger partial charge in [0.25, 0.3) is 0 Å². The van der Waals surface area contributed by atoms with E-state index in [0.29, 0.717) is 24.5 Å². The molecule has 1 aliphatic rings. The monoisotopic (exact) mass is 390 g/mol. The van der Waals surface area contributed by atoms with Crippen molar-refractivity contribution in [3.05, 3.63) is 59.9 Å². The zero-order valence-corrected chi connectivity index (χ0v) is 15.3. The summed E-state index contributed by atoms with van der Waals surface area (Å²) in [6.45, 7) is 0.454. The second-order valence-corrected chi connectivity index (χ2v) is 6.81. The van der Waals surface area contributed by atoms with E-state index in [1.54, 1.807) is 18.2 Å². The van der Waals surface area contributed by atoms with Crippen LogP contribution in [0.3, 0.4) is 0 Å². The predicted octanol–water partition coefficient (Wildman–Crippen LogP) is 2.82. The Bertz CT molecular complexity index is 786. The Labute approximate surface area is 162 Å². The lowest BCUT2D eigenvalue weighted by Gasteiger charge is -2.23. The lowest BCUT2D eigenvalue weighted by Crippen LogP contribution is -2.40. The molecule has 2 atom stereocenters. The van der Waals surface area contributed by atoms with Crippen LogP contribution >= 0.6 is 0 Å². The van der Waals surface area contributed by atoms with Gasteiger partial charge in [0.05, 0.1) is 0 Å². The Morgan fingerprint density at radius 3 is 2.50 bits per heavy atom.